The SMILES string of the molecule is OCc1cc(Cl)cnc1-c1cc(Cl)cc(Cl)c1. The quantitative estimate of drug-likeness (QED) is 0.898. The largest absolute Gasteiger partial charge is 0.392 e. The third kappa shape index (κ3) is 2.90. The minimum absolute atomic E-state index is 0.146. The number of pyridine rings is 1. The van der Waals surface area contributed by atoms with Crippen LogP contribution in [0.4, 0.5) is 0 Å². The summed E-state index contributed by atoms with van der Waals surface area (Å²) < 4.78 is 0. The van der Waals surface area contributed by atoms with Gasteiger partial charge in [0, 0.05) is 27.4 Å². The van der Waals surface area contributed by atoms with Crippen molar-refractivity contribution in [1.29, 1.82) is 0 Å². The van der Waals surface area contributed by atoms with Gasteiger partial charge in [0.2, 0.25) is 0 Å². The van der Waals surface area contributed by atoms with Gasteiger partial charge in [-0.3, -0.25) is 4.98 Å². The molecule has 1 aromatic carbocycles. The molecule has 2 aromatic rings. The predicted octanol–water partition coefficient (Wildman–Crippen LogP) is 4.20. The Morgan fingerprint density at radius 1 is 0.941 bits per heavy atom. The van der Waals surface area contributed by atoms with E-state index in [1.807, 2.05) is 0 Å². The maximum absolute atomic E-state index is 9.28. The van der Waals surface area contributed by atoms with Gasteiger partial charge in [-0.1, -0.05) is 34.8 Å². The molecule has 0 aliphatic rings. The monoisotopic (exact) mass is 287 g/mol. The average Bonchev–Trinajstić information content (AvgIpc) is 2.27. The summed E-state index contributed by atoms with van der Waals surface area (Å²) in [6, 6.07) is 6.78. The van der Waals surface area contributed by atoms with Crippen molar-refractivity contribution in [3.05, 3.63) is 51.1 Å². The Labute approximate surface area is 114 Å². The summed E-state index contributed by atoms with van der Waals surface area (Å²) in [5, 5.41) is 10.8. The highest BCUT2D eigenvalue weighted by atomic mass is 35.5. The fraction of sp³-hybridized carbons (Fsp3) is 0.0833. The van der Waals surface area contributed by atoms with Gasteiger partial charge in [-0.15, -0.1) is 0 Å². The van der Waals surface area contributed by atoms with Crippen molar-refractivity contribution in [2.75, 3.05) is 0 Å². The molecule has 0 fully saturated rings. The minimum atomic E-state index is -0.146. The highest BCUT2D eigenvalue weighted by molar-refractivity contribution is 6.35. The number of hydrogen-bond donors (Lipinski definition) is 1. The normalized spacial score (nSPS) is 10.6. The minimum Gasteiger partial charge on any atom is -0.392 e. The molecule has 5 heteroatoms. The van der Waals surface area contributed by atoms with Gasteiger partial charge in [-0.05, 0) is 24.3 Å². The van der Waals surface area contributed by atoms with Gasteiger partial charge in [0.15, 0.2) is 0 Å². The number of benzene rings is 1. The number of halogens is 3. The van der Waals surface area contributed by atoms with E-state index in [4.69, 9.17) is 34.8 Å². The summed E-state index contributed by atoms with van der Waals surface area (Å²) in [4.78, 5) is 4.19. The van der Waals surface area contributed by atoms with Gasteiger partial charge in [-0.2, -0.15) is 0 Å². The maximum Gasteiger partial charge on any atom is 0.0759 e. The number of aliphatic hydroxyl groups excluding tert-OH is 1. The molecule has 0 bridgehead atoms. The molecule has 0 radical (unpaired) electrons. The smallest absolute Gasteiger partial charge is 0.0759 e. The Kier molecular flexibility index (Phi) is 3.89. The highest BCUT2D eigenvalue weighted by Gasteiger charge is 2.08. The number of aromatic nitrogens is 1. The van der Waals surface area contributed by atoms with E-state index in [1.165, 1.54) is 6.20 Å². The topological polar surface area (TPSA) is 33.1 Å². The molecule has 88 valence electrons. The Balaban J connectivity index is 2.59. The number of rotatable bonds is 2. The number of hydrogen-bond acceptors (Lipinski definition) is 2. The zero-order valence-electron chi connectivity index (χ0n) is 8.62. The van der Waals surface area contributed by atoms with Gasteiger partial charge >= 0.3 is 0 Å². The van der Waals surface area contributed by atoms with Crippen LogP contribution in [0.3, 0.4) is 0 Å². The van der Waals surface area contributed by atoms with E-state index in [9.17, 15) is 5.11 Å². The van der Waals surface area contributed by atoms with E-state index >= 15 is 0 Å². The summed E-state index contributed by atoms with van der Waals surface area (Å²) in [5.41, 5.74) is 2.01. The van der Waals surface area contributed by atoms with Crippen LogP contribution in [0.15, 0.2) is 30.5 Å². The van der Waals surface area contributed by atoms with Crippen molar-refractivity contribution >= 4 is 34.8 Å². The van der Waals surface area contributed by atoms with Gasteiger partial charge < -0.3 is 5.11 Å². The molecule has 0 unspecified atom stereocenters. The van der Waals surface area contributed by atoms with E-state index in [1.54, 1.807) is 24.3 Å². The lowest BCUT2D eigenvalue weighted by atomic mass is 10.1. The zero-order chi connectivity index (χ0) is 12.4. The molecule has 1 heterocycles. The first-order valence-electron chi connectivity index (χ1n) is 4.82. The van der Waals surface area contributed by atoms with Crippen molar-refractivity contribution in [2.45, 2.75) is 6.61 Å². The summed E-state index contributed by atoms with van der Waals surface area (Å²) in [5.74, 6) is 0. The predicted molar refractivity (Wildman–Crippen MR) is 70.6 cm³/mol. The fourth-order valence-electron chi connectivity index (χ4n) is 1.55. The van der Waals surface area contributed by atoms with Gasteiger partial charge in [0.1, 0.15) is 0 Å². The van der Waals surface area contributed by atoms with Crippen LogP contribution in [-0.2, 0) is 6.61 Å². The molecule has 17 heavy (non-hydrogen) atoms. The lowest BCUT2D eigenvalue weighted by molar-refractivity contribution is 0.282. The number of nitrogens with zero attached hydrogens (tertiary/aromatic N) is 1. The second-order valence-electron chi connectivity index (χ2n) is 3.48. The molecule has 0 atom stereocenters. The van der Waals surface area contributed by atoms with Crippen LogP contribution in [0, 0.1) is 0 Å². The molecule has 0 aliphatic carbocycles. The lowest BCUT2D eigenvalue weighted by Crippen LogP contribution is -1.93. The van der Waals surface area contributed by atoms with Crippen LogP contribution in [-0.4, -0.2) is 10.1 Å². The van der Waals surface area contributed by atoms with Gasteiger partial charge in [0.05, 0.1) is 17.3 Å². The van der Waals surface area contributed by atoms with Crippen molar-refractivity contribution in [3.8, 4) is 11.3 Å². The third-order valence-electron chi connectivity index (χ3n) is 2.24. The molecular weight excluding hydrogens is 280 g/mol. The van der Waals surface area contributed by atoms with E-state index in [0.29, 0.717) is 26.3 Å². The summed E-state index contributed by atoms with van der Waals surface area (Å²) in [6.45, 7) is -0.146. The molecular formula is C12H8Cl3NO. The molecule has 0 aliphatic heterocycles. The molecule has 1 N–H and O–H groups in total. The van der Waals surface area contributed by atoms with Crippen molar-refractivity contribution in [1.82, 2.24) is 4.98 Å². The summed E-state index contributed by atoms with van der Waals surface area (Å²) in [7, 11) is 0. The van der Waals surface area contributed by atoms with Crippen molar-refractivity contribution in [2.24, 2.45) is 0 Å². The molecule has 2 nitrogen and oxygen atoms in total. The van der Waals surface area contributed by atoms with Gasteiger partial charge in [0.25, 0.3) is 0 Å². The number of aliphatic hydroxyl groups is 1. The average molecular weight is 289 g/mol. The standard InChI is InChI=1S/C12H8Cl3NO/c13-9-1-7(2-10(14)4-9)12-8(6-17)3-11(15)5-16-12/h1-5,17H,6H2. The molecule has 2 rings (SSSR count). The van der Waals surface area contributed by atoms with E-state index in [-0.39, 0.29) is 6.61 Å². The van der Waals surface area contributed by atoms with E-state index in [2.05, 4.69) is 4.98 Å². The molecule has 0 spiro atoms. The van der Waals surface area contributed by atoms with Crippen molar-refractivity contribution < 1.29 is 5.11 Å². The van der Waals surface area contributed by atoms with Crippen LogP contribution in [0.2, 0.25) is 15.1 Å². The van der Waals surface area contributed by atoms with Crippen LogP contribution in [0.25, 0.3) is 11.3 Å². The lowest BCUT2D eigenvalue weighted by Gasteiger charge is -2.08. The van der Waals surface area contributed by atoms with Crippen LogP contribution >= 0.6 is 34.8 Å². The second-order valence-corrected chi connectivity index (χ2v) is 4.79. The zero-order valence-corrected chi connectivity index (χ0v) is 10.9. The first-order chi connectivity index (χ1) is 8.10. The van der Waals surface area contributed by atoms with Crippen LogP contribution in [0.5, 0.6) is 0 Å². The van der Waals surface area contributed by atoms with Crippen LogP contribution < -0.4 is 0 Å². The molecule has 0 saturated heterocycles. The third-order valence-corrected chi connectivity index (χ3v) is 2.88. The Morgan fingerprint density at radius 2 is 1.59 bits per heavy atom. The van der Waals surface area contributed by atoms with Gasteiger partial charge in [-0.25, -0.2) is 0 Å². The molecule has 1 aromatic heterocycles. The van der Waals surface area contributed by atoms with E-state index in [0.717, 1.165) is 5.56 Å². The molecule has 0 amide bonds. The molecule has 0 saturated carbocycles. The highest BCUT2D eigenvalue weighted by Crippen LogP contribution is 2.29. The van der Waals surface area contributed by atoms with Crippen molar-refractivity contribution in [3.63, 3.8) is 0 Å². The fourth-order valence-corrected chi connectivity index (χ4v) is 2.26. The van der Waals surface area contributed by atoms with Crippen LogP contribution in [0.1, 0.15) is 5.56 Å². The Morgan fingerprint density at radius 3 is 2.18 bits per heavy atom. The second kappa shape index (κ2) is 5.23. The first-order valence-corrected chi connectivity index (χ1v) is 5.95. The Bertz CT molecular complexity index is 537. The summed E-state index contributed by atoms with van der Waals surface area (Å²) >= 11 is 17.7. The summed E-state index contributed by atoms with van der Waals surface area (Å²) in [6.07, 6.45) is 1.52. The first kappa shape index (κ1) is 12.7. The van der Waals surface area contributed by atoms with E-state index < -0.39 is 0 Å². The maximum atomic E-state index is 9.28. The Hall–Kier alpha value is -0.800.